The van der Waals surface area contributed by atoms with Gasteiger partial charge in [-0.05, 0) is 36.8 Å². The monoisotopic (exact) mass is 389 g/mol. The van der Waals surface area contributed by atoms with Crippen LogP contribution in [0.15, 0.2) is 90.2 Å². The maximum Gasteiger partial charge on any atom is 0.244 e. The summed E-state index contributed by atoms with van der Waals surface area (Å²) >= 11 is 0. The zero-order chi connectivity index (χ0) is 20.3. The standard InChI is InChI=1S/C25H19N5/c1-17-9-12-22-21(14-17)24(20-6-3-2-4-7-20)29-25(28-22)30-27-16-18-10-11-19-8-5-13-26-23(19)15-18/h2-16H,1H3,(H,28,29,30)/b27-16-. The van der Waals surface area contributed by atoms with Gasteiger partial charge in [-0.2, -0.15) is 5.10 Å². The van der Waals surface area contributed by atoms with E-state index in [9.17, 15) is 0 Å². The van der Waals surface area contributed by atoms with Gasteiger partial charge in [0.2, 0.25) is 5.95 Å². The lowest BCUT2D eigenvalue weighted by Crippen LogP contribution is -2.00. The highest BCUT2D eigenvalue weighted by Crippen LogP contribution is 2.28. The Balaban J connectivity index is 1.49. The Kier molecular flexibility index (Phi) is 4.62. The van der Waals surface area contributed by atoms with Crippen molar-refractivity contribution in [1.29, 1.82) is 0 Å². The predicted molar refractivity (Wildman–Crippen MR) is 123 cm³/mol. The van der Waals surface area contributed by atoms with Gasteiger partial charge in [0.1, 0.15) is 0 Å². The highest BCUT2D eigenvalue weighted by Gasteiger charge is 2.10. The summed E-state index contributed by atoms with van der Waals surface area (Å²) in [5.41, 5.74) is 8.85. The van der Waals surface area contributed by atoms with Crippen molar-refractivity contribution in [2.45, 2.75) is 6.92 Å². The van der Waals surface area contributed by atoms with Gasteiger partial charge >= 0.3 is 0 Å². The summed E-state index contributed by atoms with van der Waals surface area (Å²) in [5.74, 6) is 0.459. The van der Waals surface area contributed by atoms with E-state index < -0.39 is 0 Å². The molecule has 144 valence electrons. The first-order valence-electron chi connectivity index (χ1n) is 9.74. The summed E-state index contributed by atoms with van der Waals surface area (Å²) in [4.78, 5) is 13.8. The molecule has 2 heterocycles. The van der Waals surface area contributed by atoms with Gasteiger partial charge < -0.3 is 0 Å². The SMILES string of the molecule is Cc1ccc2nc(N/N=C\c3ccc4cccnc4c3)nc(-c3ccccc3)c2c1. The van der Waals surface area contributed by atoms with Gasteiger partial charge in [0.05, 0.1) is 22.9 Å². The van der Waals surface area contributed by atoms with Crippen molar-refractivity contribution in [3.8, 4) is 11.3 Å². The molecule has 5 aromatic rings. The summed E-state index contributed by atoms with van der Waals surface area (Å²) < 4.78 is 0. The third-order valence-electron chi connectivity index (χ3n) is 4.91. The summed E-state index contributed by atoms with van der Waals surface area (Å²) in [6.45, 7) is 2.07. The Hall–Kier alpha value is -4.12. The van der Waals surface area contributed by atoms with Gasteiger partial charge in [0.25, 0.3) is 0 Å². The normalized spacial score (nSPS) is 11.4. The minimum absolute atomic E-state index is 0.459. The Morgan fingerprint density at radius 1 is 0.833 bits per heavy atom. The number of benzene rings is 3. The van der Waals surface area contributed by atoms with E-state index in [0.29, 0.717) is 5.95 Å². The van der Waals surface area contributed by atoms with Gasteiger partial charge in [0, 0.05) is 22.5 Å². The van der Waals surface area contributed by atoms with Crippen molar-refractivity contribution < 1.29 is 0 Å². The molecule has 0 aliphatic rings. The summed E-state index contributed by atoms with van der Waals surface area (Å²) in [5, 5.41) is 6.47. The summed E-state index contributed by atoms with van der Waals surface area (Å²) in [6.07, 6.45) is 3.54. The number of aromatic nitrogens is 3. The zero-order valence-electron chi connectivity index (χ0n) is 16.4. The molecule has 0 unspecified atom stereocenters. The van der Waals surface area contributed by atoms with Crippen LogP contribution in [0.3, 0.4) is 0 Å². The number of hydrogen-bond acceptors (Lipinski definition) is 5. The lowest BCUT2D eigenvalue weighted by Gasteiger charge is -2.09. The molecular formula is C25H19N5. The Morgan fingerprint density at radius 3 is 2.63 bits per heavy atom. The topological polar surface area (TPSA) is 63.1 Å². The molecule has 0 radical (unpaired) electrons. The largest absolute Gasteiger partial charge is 0.256 e. The molecule has 5 rings (SSSR count). The second-order valence-corrected chi connectivity index (χ2v) is 7.11. The van der Waals surface area contributed by atoms with Gasteiger partial charge in [-0.1, -0.05) is 60.2 Å². The van der Waals surface area contributed by atoms with Gasteiger partial charge in [-0.25, -0.2) is 15.4 Å². The number of rotatable bonds is 4. The number of fused-ring (bicyclic) bond motifs is 2. The van der Waals surface area contributed by atoms with E-state index in [-0.39, 0.29) is 0 Å². The van der Waals surface area contributed by atoms with Crippen molar-refractivity contribution in [2.75, 3.05) is 5.43 Å². The predicted octanol–water partition coefficient (Wildman–Crippen LogP) is 5.60. The summed E-state index contributed by atoms with van der Waals surface area (Å²) in [7, 11) is 0. The number of hydrogen-bond donors (Lipinski definition) is 1. The third-order valence-corrected chi connectivity index (χ3v) is 4.91. The first kappa shape index (κ1) is 17.9. The highest BCUT2D eigenvalue weighted by molar-refractivity contribution is 5.94. The molecule has 0 spiro atoms. The minimum Gasteiger partial charge on any atom is -0.256 e. The average Bonchev–Trinajstić information content (AvgIpc) is 2.79. The molecule has 5 nitrogen and oxygen atoms in total. The van der Waals surface area contributed by atoms with E-state index in [1.54, 1.807) is 12.4 Å². The van der Waals surface area contributed by atoms with Crippen molar-refractivity contribution in [2.24, 2.45) is 5.10 Å². The van der Waals surface area contributed by atoms with Crippen LogP contribution in [-0.4, -0.2) is 21.2 Å². The molecule has 0 atom stereocenters. The molecule has 3 aromatic carbocycles. The Bertz CT molecular complexity index is 1380. The van der Waals surface area contributed by atoms with Crippen molar-refractivity contribution >= 4 is 34.0 Å². The number of hydrazone groups is 1. The first-order valence-corrected chi connectivity index (χ1v) is 9.74. The Labute approximate surface area is 174 Å². The zero-order valence-corrected chi connectivity index (χ0v) is 16.4. The van der Waals surface area contributed by atoms with Gasteiger partial charge in [-0.15, -0.1) is 0 Å². The minimum atomic E-state index is 0.459. The molecule has 0 amide bonds. The molecule has 0 aliphatic carbocycles. The molecule has 0 saturated carbocycles. The van der Waals surface area contributed by atoms with E-state index in [4.69, 9.17) is 4.98 Å². The van der Waals surface area contributed by atoms with Crippen LogP contribution in [0.25, 0.3) is 33.1 Å². The van der Waals surface area contributed by atoms with Gasteiger partial charge in [0.15, 0.2) is 0 Å². The second-order valence-electron chi connectivity index (χ2n) is 7.11. The molecule has 0 fully saturated rings. The number of nitrogens with zero attached hydrogens (tertiary/aromatic N) is 4. The van der Waals surface area contributed by atoms with Crippen LogP contribution in [0, 0.1) is 6.92 Å². The van der Waals surface area contributed by atoms with Crippen LogP contribution in [0.2, 0.25) is 0 Å². The summed E-state index contributed by atoms with van der Waals surface area (Å²) in [6, 6.07) is 26.3. The van der Waals surface area contributed by atoms with Crippen LogP contribution in [0.5, 0.6) is 0 Å². The molecule has 2 aromatic heterocycles. The van der Waals surface area contributed by atoms with Crippen LogP contribution in [0.1, 0.15) is 11.1 Å². The van der Waals surface area contributed by atoms with Crippen molar-refractivity contribution in [3.63, 3.8) is 0 Å². The van der Waals surface area contributed by atoms with Crippen LogP contribution >= 0.6 is 0 Å². The lowest BCUT2D eigenvalue weighted by molar-refractivity contribution is 1.15. The number of anilines is 1. The quantitative estimate of drug-likeness (QED) is 0.321. The molecule has 30 heavy (non-hydrogen) atoms. The first-order chi connectivity index (χ1) is 14.8. The van der Waals surface area contributed by atoms with E-state index in [1.807, 2.05) is 54.6 Å². The molecular weight excluding hydrogens is 370 g/mol. The van der Waals surface area contributed by atoms with E-state index in [2.05, 4.69) is 51.7 Å². The highest BCUT2D eigenvalue weighted by atomic mass is 15.3. The number of pyridine rings is 1. The fraction of sp³-hybridized carbons (Fsp3) is 0.0400. The molecule has 0 saturated heterocycles. The van der Waals surface area contributed by atoms with Crippen LogP contribution in [-0.2, 0) is 0 Å². The van der Waals surface area contributed by atoms with E-state index in [1.165, 1.54) is 5.56 Å². The maximum atomic E-state index is 4.75. The smallest absolute Gasteiger partial charge is 0.244 e. The van der Waals surface area contributed by atoms with Gasteiger partial charge in [-0.3, -0.25) is 4.98 Å². The fourth-order valence-electron chi connectivity index (χ4n) is 3.44. The average molecular weight is 389 g/mol. The molecule has 0 bridgehead atoms. The molecule has 1 N–H and O–H groups in total. The number of aryl methyl sites for hydroxylation is 1. The van der Waals surface area contributed by atoms with Crippen LogP contribution in [0.4, 0.5) is 5.95 Å². The third kappa shape index (κ3) is 3.61. The lowest BCUT2D eigenvalue weighted by atomic mass is 10.0. The van der Waals surface area contributed by atoms with E-state index in [0.717, 1.165) is 38.6 Å². The fourth-order valence-corrected chi connectivity index (χ4v) is 3.44. The second kappa shape index (κ2) is 7.72. The van der Waals surface area contributed by atoms with Crippen molar-refractivity contribution in [1.82, 2.24) is 15.0 Å². The van der Waals surface area contributed by atoms with E-state index >= 15 is 0 Å². The maximum absolute atomic E-state index is 4.75. The molecule has 0 aliphatic heterocycles. The number of nitrogens with one attached hydrogen (secondary N) is 1. The van der Waals surface area contributed by atoms with Crippen LogP contribution < -0.4 is 5.43 Å². The molecule has 5 heteroatoms. The Morgan fingerprint density at radius 2 is 1.73 bits per heavy atom. The van der Waals surface area contributed by atoms with Crippen molar-refractivity contribution in [3.05, 3.63) is 96.2 Å².